The summed E-state index contributed by atoms with van der Waals surface area (Å²) in [4.78, 5) is 8.40. The van der Waals surface area contributed by atoms with Crippen molar-refractivity contribution < 1.29 is 14.6 Å². The number of aryl methyl sites for hydroxylation is 1. The first-order valence-corrected chi connectivity index (χ1v) is 7.54. The summed E-state index contributed by atoms with van der Waals surface area (Å²) in [5.74, 6) is 0. The molecule has 0 saturated carbocycles. The van der Waals surface area contributed by atoms with E-state index in [9.17, 15) is 5.11 Å². The van der Waals surface area contributed by atoms with Gasteiger partial charge in [-0.25, -0.2) is 0 Å². The molecule has 120 valence electrons. The van der Waals surface area contributed by atoms with Crippen molar-refractivity contribution in [2.75, 3.05) is 33.0 Å². The maximum Gasteiger partial charge on any atom is 0.0897 e. The lowest BCUT2D eigenvalue weighted by Gasteiger charge is -2.12. The van der Waals surface area contributed by atoms with Crippen LogP contribution in [0.2, 0.25) is 0 Å². The van der Waals surface area contributed by atoms with Gasteiger partial charge in [-0.05, 0) is 13.3 Å². The highest BCUT2D eigenvalue weighted by molar-refractivity contribution is 5.00. The number of aliphatic hydroxyl groups is 1. The van der Waals surface area contributed by atoms with Crippen molar-refractivity contribution in [3.8, 4) is 0 Å². The fourth-order valence-electron chi connectivity index (χ4n) is 1.62. The van der Waals surface area contributed by atoms with Gasteiger partial charge in [0.15, 0.2) is 0 Å². The molecule has 6 heteroatoms. The SMILES string of the molecule is CCCCOCCOCC(O)CNCc1cnc(C)cn1. The van der Waals surface area contributed by atoms with Gasteiger partial charge in [0, 0.05) is 32.1 Å². The molecule has 0 fully saturated rings. The van der Waals surface area contributed by atoms with Crippen molar-refractivity contribution in [1.82, 2.24) is 15.3 Å². The molecular weight excluding hydrogens is 270 g/mol. The summed E-state index contributed by atoms with van der Waals surface area (Å²) in [6.07, 6.45) is 5.15. The Morgan fingerprint density at radius 2 is 2.00 bits per heavy atom. The van der Waals surface area contributed by atoms with Gasteiger partial charge in [0.1, 0.15) is 0 Å². The molecule has 2 N–H and O–H groups in total. The smallest absolute Gasteiger partial charge is 0.0897 e. The van der Waals surface area contributed by atoms with Crippen LogP contribution in [-0.4, -0.2) is 54.2 Å². The number of unbranched alkanes of at least 4 members (excludes halogenated alkanes) is 1. The third-order valence-corrected chi connectivity index (χ3v) is 2.84. The molecule has 1 atom stereocenters. The summed E-state index contributed by atoms with van der Waals surface area (Å²) in [6.45, 7) is 7.27. The van der Waals surface area contributed by atoms with Crippen LogP contribution in [0.5, 0.6) is 0 Å². The first-order valence-electron chi connectivity index (χ1n) is 7.54. The van der Waals surface area contributed by atoms with Crippen molar-refractivity contribution >= 4 is 0 Å². The number of aromatic nitrogens is 2. The number of nitrogens with zero attached hydrogens (tertiary/aromatic N) is 2. The van der Waals surface area contributed by atoms with E-state index in [0.29, 0.717) is 32.9 Å². The molecule has 0 aliphatic heterocycles. The highest BCUT2D eigenvalue weighted by atomic mass is 16.5. The Balaban J connectivity index is 1.96. The molecule has 21 heavy (non-hydrogen) atoms. The number of aliphatic hydroxyl groups excluding tert-OH is 1. The van der Waals surface area contributed by atoms with Crippen LogP contribution in [0.3, 0.4) is 0 Å². The molecule has 0 radical (unpaired) electrons. The summed E-state index contributed by atoms with van der Waals surface area (Å²) in [7, 11) is 0. The summed E-state index contributed by atoms with van der Waals surface area (Å²) < 4.78 is 10.7. The van der Waals surface area contributed by atoms with Gasteiger partial charge >= 0.3 is 0 Å². The van der Waals surface area contributed by atoms with Gasteiger partial charge < -0.3 is 19.9 Å². The molecule has 0 amide bonds. The molecule has 1 unspecified atom stereocenters. The third-order valence-electron chi connectivity index (χ3n) is 2.84. The van der Waals surface area contributed by atoms with Crippen molar-refractivity contribution in [1.29, 1.82) is 0 Å². The monoisotopic (exact) mass is 297 g/mol. The van der Waals surface area contributed by atoms with Gasteiger partial charge in [-0.3, -0.25) is 9.97 Å². The minimum absolute atomic E-state index is 0.309. The maximum atomic E-state index is 9.75. The van der Waals surface area contributed by atoms with Crippen molar-refractivity contribution in [2.24, 2.45) is 0 Å². The normalized spacial score (nSPS) is 12.5. The molecule has 0 aliphatic carbocycles. The number of rotatable bonds is 12. The van der Waals surface area contributed by atoms with Crippen LogP contribution in [0.25, 0.3) is 0 Å². The van der Waals surface area contributed by atoms with Crippen LogP contribution in [0, 0.1) is 6.92 Å². The Hall–Kier alpha value is -1.08. The van der Waals surface area contributed by atoms with E-state index < -0.39 is 6.10 Å². The molecule has 1 aromatic rings. The Kier molecular flexibility index (Phi) is 9.90. The lowest BCUT2D eigenvalue weighted by atomic mass is 10.3. The summed E-state index contributed by atoms with van der Waals surface area (Å²) >= 11 is 0. The molecule has 6 nitrogen and oxygen atoms in total. The third kappa shape index (κ3) is 9.47. The second kappa shape index (κ2) is 11.6. The minimum atomic E-state index is -0.529. The minimum Gasteiger partial charge on any atom is -0.389 e. The predicted octanol–water partition coefficient (Wildman–Crippen LogP) is 1.07. The van der Waals surface area contributed by atoms with Gasteiger partial charge in [0.25, 0.3) is 0 Å². The summed E-state index contributed by atoms with van der Waals surface area (Å²) in [6, 6.07) is 0. The van der Waals surface area contributed by atoms with E-state index in [2.05, 4.69) is 22.2 Å². The van der Waals surface area contributed by atoms with Crippen LogP contribution in [0.1, 0.15) is 31.2 Å². The Bertz CT molecular complexity index is 360. The van der Waals surface area contributed by atoms with Crippen LogP contribution >= 0.6 is 0 Å². The van der Waals surface area contributed by atoms with Gasteiger partial charge in [-0.15, -0.1) is 0 Å². The van der Waals surface area contributed by atoms with E-state index in [4.69, 9.17) is 9.47 Å². The van der Waals surface area contributed by atoms with E-state index in [0.717, 1.165) is 30.8 Å². The van der Waals surface area contributed by atoms with Crippen LogP contribution in [0.15, 0.2) is 12.4 Å². The molecule has 1 heterocycles. The molecular formula is C15H27N3O3. The number of hydrogen-bond donors (Lipinski definition) is 2. The highest BCUT2D eigenvalue weighted by Gasteiger charge is 2.04. The van der Waals surface area contributed by atoms with Gasteiger partial charge in [0.05, 0.1) is 37.3 Å². The predicted molar refractivity (Wildman–Crippen MR) is 81.0 cm³/mol. The average molecular weight is 297 g/mol. The van der Waals surface area contributed by atoms with Gasteiger partial charge in [-0.2, -0.15) is 0 Å². The molecule has 1 aromatic heterocycles. The number of nitrogens with one attached hydrogen (secondary N) is 1. The topological polar surface area (TPSA) is 76.5 Å². The first kappa shape index (κ1) is 18.0. The maximum absolute atomic E-state index is 9.75. The van der Waals surface area contributed by atoms with Gasteiger partial charge in [0.2, 0.25) is 0 Å². The lowest BCUT2D eigenvalue weighted by molar-refractivity contribution is 0.00383. The van der Waals surface area contributed by atoms with E-state index in [1.807, 2.05) is 6.92 Å². The van der Waals surface area contributed by atoms with Gasteiger partial charge in [-0.1, -0.05) is 13.3 Å². The standard InChI is InChI=1S/C15H27N3O3/c1-3-4-5-20-6-7-21-12-15(19)11-16-9-14-10-17-13(2)8-18-14/h8,10,15-16,19H,3-7,9,11-12H2,1-2H3. The zero-order valence-electron chi connectivity index (χ0n) is 13.0. The van der Waals surface area contributed by atoms with E-state index in [1.54, 1.807) is 12.4 Å². The quantitative estimate of drug-likeness (QED) is 0.562. The molecule has 0 aliphatic rings. The lowest BCUT2D eigenvalue weighted by Crippen LogP contribution is -2.30. The van der Waals surface area contributed by atoms with Crippen molar-refractivity contribution in [2.45, 2.75) is 39.3 Å². The van der Waals surface area contributed by atoms with E-state index in [1.165, 1.54) is 0 Å². The van der Waals surface area contributed by atoms with Crippen LogP contribution in [0.4, 0.5) is 0 Å². The van der Waals surface area contributed by atoms with E-state index in [-0.39, 0.29) is 0 Å². The molecule has 0 bridgehead atoms. The first-order chi connectivity index (χ1) is 10.2. The summed E-state index contributed by atoms with van der Waals surface area (Å²) in [5.41, 5.74) is 1.76. The van der Waals surface area contributed by atoms with Crippen LogP contribution in [-0.2, 0) is 16.0 Å². The zero-order valence-corrected chi connectivity index (χ0v) is 13.0. The fourth-order valence-corrected chi connectivity index (χ4v) is 1.62. The Morgan fingerprint density at radius 1 is 1.19 bits per heavy atom. The number of ether oxygens (including phenoxy) is 2. The highest BCUT2D eigenvalue weighted by Crippen LogP contribution is 1.94. The number of hydrogen-bond acceptors (Lipinski definition) is 6. The second-order valence-electron chi connectivity index (χ2n) is 4.97. The Morgan fingerprint density at radius 3 is 2.71 bits per heavy atom. The average Bonchev–Trinajstić information content (AvgIpc) is 2.48. The zero-order chi connectivity index (χ0) is 15.3. The molecule has 0 aromatic carbocycles. The van der Waals surface area contributed by atoms with E-state index >= 15 is 0 Å². The van der Waals surface area contributed by atoms with Crippen molar-refractivity contribution in [3.05, 3.63) is 23.8 Å². The largest absolute Gasteiger partial charge is 0.389 e. The molecule has 0 spiro atoms. The Labute approximate surface area is 126 Å². The van der Waals surface area contributed by atoms with Crippen molar-refractivity contribution in [3.63, 3.8) is 0 Å². The molecule has 0 saturated heterocycles. The van der Waals surface area contributed by atoms with Crippen LogP contribution < -0.4 is 5.32 Å². The summed E-state index contributed by atoms with van der Waals surface area (Å²) in [5, 5.41) is 12.9. The second-order valence-corrected chi connectivity index (χ2v) is 4.97. The fraction of sp³-hybridized carbons (Fsp3) is 0.733. The molecule has 1 rings (SSSR count).